The number of alkyl halides is 3. The smallest absolute Gasteiger partial charge is 0.417 e. The van der Waals surface area contributed by atoms with E-state index in [9.17, 15) is 17.6 Å². The molecule has 1 aromatic carbocycles. The molecule has 8 nitrogen and oxygen atoms in total. The van der Waals surface area contributed by atoms with E-state index in [1.54, 1.807) is 0 Å². The number of pyridine rings is 1. The average molecular weight is 674 g/mol. The van der Waals surface area contributed by atoms with E-state index in [1.807, 2.05) is 0 Å². The van der Waals surface area contributed by atoms with E-state index in [4.69, 9.17) is 15.5 Å². The summed E-state index contributed by atoms with van der Waals surface area (Å²) < 4.78 is 93.9. The summed E-state index contributed by atoms with van der Waals surface area (Å²) in [7, 11) is 0. The molecule has 6 heterocycles. The topological polar surface area (TPSA) is 92.4 Å². The molecule has 14 heteroatoms. The first-order valence-corrected chi connectivity index (χ1v) is 16.7. The van der Waals surface area contributed by atoms with Crippen molar-refractivity contribution in [2.75, 3.05) is 43.4 Å². The maximum atomic E-state index is 16.6. The van der Waals surface area contributed by atoms with Crippen LogP contribution in [0.5, 0.6) is 6.01 Å². The van der Waals surface area contributed by atoms with Gasteiger partial charge in [-0.15, -0.1) is 0 Å². The predicted molar refractivity (Wildman–Crippen MR) is 168 cm³/mol. The van der Waals surface area contributed by atoms with E-state index in [2.05, 4.69) is 25.1 Å². The normalized spacial score (nSPS) is 28.7. The molecular formula is C34H37F6N7O. The summed E-state index contributed by atoms with van der Waals surface area (Å²) in [4.78, 5) is 17.5. The van der Waals surface area contributed by atoms with Crippen molar-refractivity contribution in [3.05, 3.63) is 47.4 Å². The van der Waals surface area contributed by atoms with Crippen molar-refractivity contribution >= 4 is 22.4 Å². The van der Waals surface area contributed by atoms with Crippen molar-refractivity contribution in [2.45, 2.75) is 81.1 Å². The highest BCUT2D eigenvalue weighted by Crippen LogP contribution is 2.47. The number of anilines is 2. The van der Waals surface area contributed by atoms with Gasteiger partial charge in [0.25, 0.3) is 0 Å². The van der Waals surface area contributed by atoms with Gasteiger partial charge in [0, 0.05) is 37.4 Å². The molecule has 0 unspecified atom stereocenters. The number of nitrogen functional groups attached to an aromatic ring is 1. The van der Waals surface area contributed by atoms with Crippen molar-refractivity contribution in [3.63, 3.8) is 0 Å². The van der Waals surface area contributed by atoms with E-state index in [1.165, 1.54) is 19.0 Å². The molecule has 1 aliphatic carbocycles. The molecule has 8 rings (SSSR count). The Morgan fingerprint density at radius 2 is 1.88 bits per heavy atom. The number of nitrogens with one attached hydrogen (secondary N) is 1. The Kier molecular flexibility index (Phi) is 7.55. The Morgan fingerprint density at radius 1 is 1.06 bits per heavy atom. The van der Waals surface area contributed by atoms with Gasteiger partial charge in [0.2, 0.25) is 0 Å². The number of fused-ring (bicyclic) bond motifs is 4. The Morgan fingerprint density at radius 3 is 2.65 bits per heavy atom. The fourth-order valence-electron chi connectivity index (χ4n) is 9.22. The van der Waals surface area contributed by atoms with Crippen LogP contribution >= 0.6 is 0 Å². The standard InChI is InChI=1S/C34H37F6N7O/c35-13-19-12-32(9-3-11-47(32)15-19)18-48-31-43-28-22(14-42-29(27(28)37)25-23(34(38,39)40)6-7-24(41)26(25)36)30(44-31)46-16-21-8-10-33(17-46,45-21)20-4-1-2-5-20/h6-7,13-14,20-21,45H,1-5,8-12,15-18,41H2/b19-13-/t21-,32-,33+/m0/s1. The predicted octanol–water partition coefficient (Wildman–Crippen LogP) is 6.54. The molecule has 0 spiro atoms. The summed E-state index contributed by atoms with van der Waals surface area (Å²) in [5.41, 5.74) is 1.48. The van der Waals surface area contributed by atoms with Gasteiger partial charge >= 0.3 is 12.2 Å². The molecule has 5 aliphatic rings. The zero-order valence-electron chi connectivity index (χ0n) is 26.4. The third-order valence-electron chi connectivity index (χ3n) is 11.5. The molecule has 3 aromatic rings. The molecule has 48 heavy (non-hydrogen) atoms. The largest absolute Gasteiger partial charge is 0.461 e. The number of benzene rings is 1. The van der Waals surface area contributed by atoms with Crippen LogP contribution in [0.15, 0.2) is 30.2 Å². The molecule has 4 saturated heterocycles. The second kappa shape index (κ2) is 11.5. The fraction of sp³-hybridized carbons (Fsp3) is 0.559. The zero-order chi connectivity index (χ0) is 33.4. The van der Waals surface area contributed by atoms with Crippen LogP contribution in [0.2, 0.25) is 0 Å². The van der Waals surface area contributed by atoms with Crippen molar-refractivity contribution in [2.24, 2.45) is 5.92 Å². The van der Waals surface area contributed by atoms with Crippen LogP contribution in [-0.2, 0) is 6.18 Å². The number of hydrogen-bond acceptors (Lipinski definition) is 8. The summed E-state index contributed by atoms with van der Waals surface area (Å²) in [6, 6.07) is 1.44. The molecule has 0 radical (unpaired) electrons. The quantitative estimate of drug-likeness (QED) is 0.225. The van der Waals surface area contributed by atoms with Gasteiger partial charge in [-0.3, -0.25) is 9.88 Å². The van der Waals surface area contributed by atoms with Gasteiger partial charge in [-0.2, -0.15) is 23.1 Å². The van der Waals surface area contributed by atoms with E-state index in [0.717, 1.165) is 51.1 Å². The van der Waals surface area contributed by atoms with Crippen LogP contribution in [0.1, 0.15) is 63.4 Å². The Bertz CT molecular complexity index is 1800. The van der Waals surface area contributed by atoms with Gasteiger partial charge in [-0.1, -0.05) is 12.8 Å². The summed E-state index contributed by atoms with van der Waals surface area (Å²) >= 11 is 0. The summed E-state index contributed by atoms with van der Waals surface area (Å²) in [5, 5.41) is 4.06. The lowest BCUT2D eigenvalue weighted by Crippen LogP contribution is -2.62. The van der Waals surface area contributed by atoms with E-state index in [0.29, 0.717) is 55.8 Å². The number of ether oxygens (including phenoxy) is 1. The molecular weight excluding hydrogens is 636 g/mol. The number of nitrogens with zero attached hydrogens (tertiary/aromatic N) is 5. The minimum Gasteiger partial charge on any atom is -0.461 e. The average Bonchev–Trinajstić information content (AvgIpc) is 3.85. The van der Waals surface area contributed by atoms with Crippen molar-refractivity contribution in [1.29, 1.82) is 0 Å². The number of halogens is 6. The third-order valence-corrected chi connectivity index (χ3v) is 11.5. The summed E-state index contributed by atoms with van der Waals surface area (Å²) in [6.45, 7) is 2.58. The second-order valence-electron chi connectivity index (χ2n) is 14.3. The number of piperazine rings is 1. The minimum atomic E-state index is -5.01. The molecule has 4 aliphatic heterocycles. The molecule has 2 aromatic heterocycles. The number of nitrogens with two attached hydrogens (primary N) is 1. The van der Waals surface area contributed by atoms with Gasteiger partial charge in [0.1, 0.15) is 23.6 Å². The lowest BCUT2D eigenvalue weighted by Gasteiger charge is -2.45. The minimum absolute atomic E-state index is 0.118. The lowest BCUT2D eigenvalue weighted by molar-refractivity contribution is -0.137. The molecule has 0 amide bonds. The first-order valence-electron chi connectivity index (χ1n) is 16.7. The van der Waals surface area contributed by atoms with Crippen LogP contribution in [0, 0.1) is 17.6 Å². The maximum Gasteiger partial charge on any atom is 0.417 e. The number of aromatic nitrogens is 3. The summed E-state index contributed by atoms with van der Waals surface area (Å²) in [5.74, 6) is -1.81. The molecule has 256 valence electrons. The Balaban J connectivity index is 1.25. The SMILES string of the molecule is Nc1ccc(C(F)(F)F)c(-c2ncc3c(N4C[C@@H]5CC[C@](C6CCCC6)(C4)N5)nc(OC[C@@]45CCCN4C/C(=C\F)C5)nc3c2F)c1F. The third kappa shape index (κ3) is 5.08. The van der Waals surface area contributed by atoms with Crippen LogP contribution in [0.25, 0.3) is 22.2 Å². The zero-order valence-corrected chi connectivity index (χ0v) is 26.4. The summed E-state index contributed by atoms with van der Waals surface area (Å²) in [6.07, 6.45) is 5.56. The molecule has 2 bridgehead atoms. The van der Waals surface area contributed by atoms with Gasteiger partial charge < -0.3 is 20.7 Å². The van der Waals surface area contributed by atoms with Crippen molar-refractivity contribution in [1.82, 2.24) is 25.2 Å². The lowest BCUT2D eigenvalue weighted by atomic mass is 9.80. The van der Waals surface area contributed by atoms with Crippen molar-refractivity contribution < 1.29 is 31.1 Å². The molecule has 3 atom stereocenters. The van der Waals surface area contributed by atoms with Crippen LogP contribution < -0.4 is 20.7 Å². The highest BCUT2D eigenvalue weighted by molar-refractivity contribution is 5.92. The monoisotopic (exact) mass is 673 g/mol. The van der Waals surface area contributed by atoms with E-state index in [-0.39, 0.29) is 35.1 Å². The highest BCUT2D eigenvalue weighted by Gasteiger charge is 2.51. The number of hydrogen-bond donors (Lipinski definition) is 2. The second-order valence-corrected chi connectivity index (χ2v) is 14.3. The first-order chi connectivity index (χ1) is 23.0. The van der Waals surface area contributed by atoms with Crippen LogP contribution in [0.3, 0.4) is 0 Å². The van der Waals surface area contributed by atoms with Gasteiger partial charge in [-0.05, 0) is 75.1 Å². The fourth-order valence-corrected chi connectivity index (χ4v) is 9.22. The maximum absolute atomic E-state index is 16.6. The van der Waals surface area contributed by atoms with Gasteiger partial charge in [0.15, 0.2) is 11.6 Å². The van der Waals surface area contributed by atoms with Gasteiger partial charge in [-0.25, -0.2) is 13.2 Å². The van der Waals surface area contributed by atoms with E-state index >= 15 is 8.78 Å². The van der Waals surface area contributed by atoms with E-state index < -0.39 is 45.9 Å². The van der Waals surface area contributed by atoms with Crippen LogP contribution in [0.4, 0.5) is 37.8 Å². The Labute approximate surface area is 273 Å². The first kappa shape index (κ1) is 31.6. The number of rotatable bonds is 6. The molecule has 5 fully saturated rings. The van der Waals surface area contributed by atoms with Gasteiger partial charge in [0.05, 0.1) is 34.1 Å². The Hall–Kier alpha value is -3.65. The molecule has 3 N–H and O–H groups in total. The highest BCUT2D eigenvalue weighted by atomic mass is 19.4. The van der Waals surface area contributed by atoms with Crippen LogP contribution in [-0.4, -0.2) is 69.8 Å². The van der Waals surface area contributed by atoms with Crippen molar-refractivity contribution in [3.8, 4) is 17.3 Å². The molecule has 1 saturated carbocycles.